The minimum atomic E-state index is -0.152. The number of nitrogens with zero attached hydrogens (tertiary/aromatic N) is 3. The van der Waals surface area contributed by atoms with Crippen molar-refractivity contribution in [3.05, 3.63) is 69.4 Å². The van der Waals surface area contributed by atoms with Gasteiger partial charge in [-0.05, 0) is 70.5 Å². The van der Waals surface area contributed by atoms with E-state index in [1.54, 1.807) is 6.20 Å². The van der Waals surface area contributed by atoms with Crippen molar-refractivity contribution >= 4 is 56.2 Å². The predicted octanol–water partition coefficient (Wildman–Crippen LogP) is 4.30. The molecule has 0 saturated carbocycles. The molecule has 5 nitrogen and oxygen atoms in total. The topological polar surface area (TPSA) is 58.8 Å². The predicted molar refractivity (Wildman–Crippen MR) is 105 cm³/mol. The van der Waals surface area contributed by atoms with Gasteiger partial charge in [0.25, 0.3) is 5.91 Å². The summed E-state index contributed by atoms with van der Waals surface area (Å²) in [6.45, 7) is 2.01. The molecular formula is C18H13BrN4OS. The lowest BCUT2D eigenvalue weighted by molar-refractivity contribution is -0.115. The van der Waals surface area contributed by atoms with Gasteiger partial charge in [0.2, 0.25) is 0 Å². The maximum absolute atomic E-state index is 12.3. The second-order valence-corrected chi connectivity index (χ2v) is 7.53. The summed E-state index contributed by atoms with van der Waals surface area (Å²) in [4.78, 5) is 21.7. The number of fused-ring (bicyclic) bond motifs is 1. The summed E-state index contributed by atoms with van der Waals surface area (Å²) in [6, 6.07) is 11.7. The Balaban J connectivity index is 1.66. The van der Waals surface area contributed by atoms with Crippen LogP contribution >= 0.6 is 27.7 Å². The molecule has 1 N–H and O–H groups in total. The summed E-state index contributed by atoms with van der Waals surface area (Å²) >= 11 is 4.78. The van der Waals surface area contributed by atoms with E-state index in [-0.39, 0.29) is 5.91 Å². The van der Waals surface area contributed by atoms with Crippen molar-refractivity contribution in [1.29, 1.82) is 0 Å². The first-order chi connectivity index (χ1) is 12.1. The van der Waals surface area contributed by atoms with Gasteiger partial charge in [0.1, 0.15) is 5.65 Å². The van der Waals surface area contributed by atoms with Crippen molar-refractivity contribution in [1.82, 2.24) is 14.7 Å². The van der Waals surface area contributed by atoms with Crippen molar-refractivity contribution < 1.29 is 4.79 Å². The Morgan fingerprint density at radius 2 is 2.20 bits per heavy atom. The number of aliphatic imine (C=N–C) groups is 1. The number of aryl methyl sites for hydroxylation is 1. The monoisotopic (exact) mass is 412 g/mol. The Morgan fingerprint density at radius 1 is 1.32 bits per heavy atom. The van der Waals surface area contributed by atoms with E-state index in [0.717, 1.165) is 27.1 Å². The SMILES string of the molecule is Cc1cccc(N=C2NC(=O)/C(=C/c3cnc4ccc(Br)cn34)S2)c1. The first-order valence-electron chi connectivity index (χ1n) is 7.57. The van der Waals surface area contributed by atoms with E-state index in [1.165, 1.54) is 11.8 Å². The number of hydrogen-bond acceptors (Lipinski definition) is 4. The molecule has 1 saturated heterocycles. The molecule has 0 spiro atoms. The van der Waals surface area contributed by atoms with E-state index >= 15 is 0 Å². The Hall–Kier alpha value is -2.38. The van der Waals surface area contributed by atoms with Gasteiger partial charge in [-0.15, -0.1) is 0 Å². The number of rotatable bonds is 2. The fourth-order valence-corrected chi connectivity index (χ4v) is 3.67. The maximum Gasteiger partial charge on any atom is 0.264 e. The average Bonchev–Trinajstić information content (AvgIpc) is 3.11. The maximum atomic E-state index is 12.3. The van der Waals surface area contributed by atoms with E-state index in [0.29, 0.717) is 10.1 Å². The normalized spacial score (nSPS) is 17.6. The third-order valence-corrected chi connectivity index (χ3v) is 5.04. The number of thioether (sulfide) groups is 1. The molecule has 124 valence electrons. The second-order valence-electron chi connectivity index (χ2n) is 5.58. The summed E-state index contributed by atoms with van der Waals surface area (Å²) < 4.78 is 2.88. The minimum absolute atomic E-state index is 0.152. The van der Waals surface area contributed by atoms with E-state index in [2.05, 4.69) is 31.2 Å². The summed E-state index contributed by atoms with van der Waals surface area (Å²) in [5.74, 6) is -0.152. The third-order valence-electron chi connectivity index (χ3n) is 3.66. The van der Waals surface area contributed by atoms with Crippen LogP contribution in [-0.4, -0.2) is 20.5 Å². The number of imidazole rings is 1. The molecule has 0 bridgehead atoms. The van der Waals surface area contributed by atoms with Gasteiger partial charge in [-0.1, -0.05) is 12.1 Å². The summed E-state index contributed by atoms with van der Waals surface area (Å²) in [6.07, 6.45) is 5.50. The van der Waals surface area contributed by atoms with Crippen molar-refractivity contribution in [3.63, 3.8) is 0 Å². The summed E-state index contributed by atoms with van der Waals surface area (Å²) in [5.41, 5.74) is 3.61. The van der Waals surface area contributed by atoms with E-state index in [4.69, 9.17) is 0 Å². The highest BCUT2D eigenvalue weighted by molar-refractivity contribution is 9.10. The number of halogens is 1. The van der Waals surface area contributed by atoms with Crippen LogP contribution in [-0.2, 0) is 4.79 Å². The Morgan fingerprint density at radius 3 is 3.04 bits per heavy atom. The lowest BCUT2D eigenvalue weighted by Crippen LogP contribution is -2.19. The molecule has 7 heteroatoms. The fraction of sp³-hybridized carbons (Fsp3) is 0.0556. The molecule has 0 atom stereocenters. The molecule has 1 amide bonds. The second kappa shape index (κ2) is 6.50. The van der Waals surface area contributed by atoms with Crippen LogP contribution in [0.15, 0.2) is 63.2 Å². The van der Waals surface area contributed by atoms with E-state index in [1.807, 2.05) is 60.0 Å². The zero-order chi connectivity index (χ0) is 17.4. The molecule has 0 radical (unpaired) electrons. The number of amidine groups is 1. The summed E-state index contributed by atoms with van der Waals surface area (Å²) in [5, 5.41) is 3.39. The fourth-order valence-electron chi connectivity index (χ4n) is 2.51. The lowest BCUT2D eigenvalue weighted by atomic mass is 10.2. The number of benzene rings is 1. The standard InChI is InChI=1S/C18H13BrN4OS/c1-11-3-2-4-13(7-11)21-18-22-17(24)15(25-18)8-14-9-20-16-6-5-12(19)10-23(14)16/h2-10H,1H3,(H,21,22,24)/b15-8-. The smallest absolute Gasteiger partial charge is 0.264 e. The number of amides is 1. The number of aromatic nitrogens is 2. The minimum Gasteiger partial charge on any atom is -0.300 e. The number of hydrogen-bond donors (Lipinski definition) is 1. The zero-order valence-electron chi connectivity index (χ0n) is 13.2. The van der Waals surface area contributed by atoms with Crippen LogP contribution in [0.5, 0.6) is 0 Å². The molecule has 25 heavy (non-hydrogen) atoms. The van der Waals surface area contributed by atoms with Crippen molar-refractivity contribution in [2.75, 3.05) is 0 Å². The zero-order valence-corrected chi connectivity index (χ0v) is 15.6. The van der Waals surface area contributed by atoms with Crippen LogP contribution < -0.4 is 5.32 Å². The van der Waals surface area contributed by atoms with Gasteiger partial charge in [-0.2, -0.15) is 0 Å². The molecule has 1 fully saturated rings. The van der Waals surface area contributed by atoms with Crippen LogP contribution in [0.2, 0.25) is 0 Å². The van der Waals surface area contributed by atoms with E-state index < -0.39 is 0 Å². The molecule has 1 aromatic carbocycles. The highest BCUT2D eigenvalue weighted by Gasteiger charge is 2.24. The Bertz CT molecular complexity index is 1050. The van der Waals surface area contributed by atoms with Crippen molar-refractivity contribution in [2.45, 2.75) is 6.92 Å². The van der Waals surface area contributed by atoms with Crippen molar-refractivity contribution in [3.8, 4) is 0 Å². The van der Waals surface area contributed by atoms with Crippen molar-refractivity contribution in [2.24, 2.45) is 4.99 Å². The van der Waals surface area contributed by atoms with Gasteiger partial charge in [0.15, 0.2) is 5.17 Å². The van der Waals surface area contributed by atoms with Crippen LogP contribution in [0.3, 0.4) is 0 Å². The molecule has 3 aromatic rings. The van der Waals surface area contributed by atoms with Gasteiger partial charge in [0.05, 0.1) is 22.5 Å². The Labute approximate surface area is 157 Å². The number of nitrogens with one attached hydrogen (secondary N) is 1. The first kappa shape index (κ1) is 16.1. The van der Waals surface area contributed by atoms with Gasteiger partial charge >= 0.3 is 0 Å². The molecule has 3 heterocycles. The first-order valence-corrected chi connectivity index (χ1v) is 9.18. The largest absolute Gasteiger partial charge is 0.300 e. The van der Waals surface area contributed by atoms with Crippen LogP contribution in [0.25, 0.3) is 11.7 Å². The number of carbonyl (C=O) groups is 1. The highest BCUT2D eigenvalue weighted by Crippen LogP contribution is 2.28. The lowest BCUT2D eigenvalue weighted by Gasteiger charge is -1.98. The molecule has 1 aliphatic heterocycles. The molecule has 2 aromatic heterocycles. The number of pyridine rings is 1. The van der Waals surface area contributed by atoms with Crippen LogP contribution in [0, 0.1) is 6.92 Å². The van der Waals surface area contributed by atoms with Gasteiger partial charge < -0.3 is 5.32 Å². The molecule has 0 aliphatic carbocycles. The van der Waals surface area contributed by atoms with Crippen LogP contribution in [0.4, 0.5) is 5.69 Å². The quantitative estimate of drug-likeness (QED) is 0.638. The van der Waals surface area contributed by atoms with Gasteiger partial charge in [-0.25, -0.2) is 9.98 Å². The van der Waals surface area contributed by atoms with Crippen LogP contribution in [0.1, 0.15) is 11.3 Å². The Kier molecular flexibility index (Phi) is 4.19. The molecule has 4 rings (SSSR count). The summed E-state index contributed by atoms with van der Waals surface area (Å²) in [7, 11) is 0. The average molecular weight is 413 g/mol. The van der Waals surface area contributed by atoms with Gasteiger partial charge in [-0.3, -0.25) is 9.20 Å². The number of carbonyl (C=O) groups excluding carboxylic acids is 1. The van der Waals surface area contributed by atoms with E-state index in [9.17, 15) is 4.79 Å². The molecule has 0 unspecified atom stereocenters. The molecular weight excluding hydrogens is 400 g/mol. The highest BCUT2D eigenvalue weighted by atomic mass is 79.9. The molecule has 1 aliphatic rings. The van der Waals surface area contributed by atoms with Gasteiger partial charge in [0, 0.05) is 10.7 Å². The third kappa shape index (κ3) is 3.38.